The molecule has 3 heterocycles. The zero-order chi connectivity index (χ0) is 28.3. The maximum absolute atomic E-state index is 10.8. The number of rotatable bonds is 8. The molecule has 0 aromatic heterocycles. The average molecular weight is 565 g/mol. The third-order valence-corrected chi connectivity index (χ3v) is 7.53. The molecule has 3 aliphatic rings. The third kappa shape index (κ3) is 5.95. The van der Waals surface area contributed by atoms with Gasteiger partial charge in [0.1, 0.15) is 62.0 Å². The van der Waals surface area contributed by atoms with Crippen LogP contribution in [-0.2, 0) is 41.6 Å². The van der Waals surface area contributed by atoms with Crippen LogP contribution >= 0.6 is 0 Å². The summed E-state index contributed by atoms with van der Waals surface area (Å²) >= 11 is 0. The predicted molar refractivity (Wildman–Crippen MR) is 135 cm³/mol. The van der Waals surface area contributed by atoms with Crippen LogP contribution in [0, 0.1) is 0 Å². The highest BCUT2D eigenvalue weighted by Gasteiger charge is 2.63. The minimum atomic E-state index is -1.92. The fourth-order valence-electron chi connectivity index (χ4n) is 5.13. The normalized spacial score (nSPS) is 40.0. The zero-order valence-electron chi connectivity index (χ0n) is 21.8. The van der Waals surface area contributed by atoms with E-state index in [2.05, 4.69) is 0 Å². The molecule has 5 rings (SSSR count). The van der Waals surface area contributed by atoms with Gasteiger partial charge in [0, 0.05) is 0 Å². The summed E-state index contributed by atoms with van der Waals surface area (Å²) in [5.74, 6) is -3.85. The lowest BCUT2D eigenvalue weighted by molar-refractivity contribution is -0.468. The van der Waals surface area contributed by atoms with Gasteiger partial charge in [-0.2, -0.15) is 0 Å². The molecule has 0 unspecified atom stereocenters. The first-order chi connectivity index (χ1) is 19.2. The topological polar surface area (TPSA) is 177 Å². The zero-order valence-corrected chi connectivity index (χ0v) is 21.8. The van der Waals surface area contributed by atoms with Gasteiger partial charge in [0.15, 0.2) is 0 Å². The Morgan fingerprint density at radius 3 is 1.30 bits per heavy atom. The van der Waals surface area contributed by atoms with Gasteiger partial charge in [0.05, 0.1) is 26.4 Å². The number of hydrogen-bond acceptors (Lipinski definition) is 12. The van der Waals surface area contributed by atoms with E-state index in [4.69, 9.17) is 28.4 Å². The van der Waals surface area contributed by atoms with Crippen LogP contribution < -0.4 is 0 Å². The van der Waals surface area contributed by atoms with Crippen molar-refractivity contribution in [1.29, 1.82) is 0 Å². The van der Waals surface area contributed by atoms with Crippen LogP contribution in [0.15, 0.2) is 60.7 Å². The second-order valence-electron chi connectivity index (χ2n) is 10.4. The predicted octanol–water partition coefficient (Wildman–Crippen LogP) is -1.18. The molecule has 2 spiro atoms. The maximum Gasteiger partial charge on any atom is 0.222 e. The summed E-state index contributed by atoms with van der Waals surface area (Å²) in [4.78, 5) is 0. The summed E-state index contributed by atoms with van der Waals surface area (Å²) in [6, 6.07) is 18.7. The summed E-state index contributed by atoms with van der Waals surface area (Å²) in [5.41, 5.74) is 1.79. The minimum absolute atomic E-state index is 0.124. The Labute approximate surface area is 231 Å². The van der Waals surface area contributed by atoms with E-state index in [1.165, 1.54) is 0 Å². The molecular weight excluding hydrogens is 528 g/mol. The molecule has 10 atom stereocenters. The van der Waals surface area contributed by atoms with Crippen LogP contribution in [0.1, 0.15) is 11.1 Å². The Morgan fingerprint density at radius 1 is 0.575 bits per heavy atom. The van der Waals surface area contributed by atoms with Crippen molar-refractivity contribution in [2.45, 2.75) is 73.6 Å². The first-order valence-corrected chi connectivity index (χ1v) is 13.2. The van der Waals surface area contributed by atoms with Crippen molar-refractivity contribution in [3.63, 3.8) is 0 Å². The molecule has 0 aliphatic carbocycles. The van der Waals surface area contributed by atoms with E-state index >= 15 is 0 Å². The Morgan fingerprint density at radius 2 is 0.950 bits per heavy atom. The average Bonchev–Trinajstić information content (AvgIpc) is 2.98. The van der Waals surface area contributed by atoms with E-state index < -0.39 is 73.6 Å². The second-order valence-corrected chi connectivity index (χ2v) is 10.4. The fraction of sp³-hybridized carbons (Fsp3) is 0.571. The van der Waals surface area contributed by atoms with Crippen molar-refractivity contribution in [2.24, 2.45) is 0 Å². The molecule has 12 nitrogen and oxygen atoms in total. The van der Waals surface area contributed by atoms with Crippen LogP contribution in [0.4, 0.5) is 0 Å². The first kappa shape index (κ1) is 29.5. The third-order valence-electron chi connectivity index (χ3n) is 7.53. The number of aliphatic hydroxyl groups is 6. The molecule has 2 aromatic carbocycles. The Hall–Kier alpha value is -2.04. The van der Waals surface area contributed by atoms with Crippen LogP contribution in [-0.4, -0.2) is 117 Å². The summed E-state index contributed by atoms with van der Waals surface area (Å²) in [7, 11) is 0. The SMILES string of the molecule is O[C@H]1[C@H](O)[C@H](O)[C@]2(CO[C@]3(CO2)O[C@H](COCc2ccccc2)[C@@H](O)[C@H](O)[C@@H]3O)O[C@@H]1COCc1ccccc1. The Bertz CT molecular complexity index is 978. The number of ether oxygens (including phenoxy) is 6. The minimum Gasteiger partial charge on any atom is -0.387 e. The van der Waals surface area contributed by atoms with Gasteiger partial charge in [0.2, 0.25) is 11.6 Å². The molecular formula is C28H36O12. The summed E-state index contributed by atoms with van der Waals surface area (Å²) < 4.78 is 34.9. The molecule has 3 aliphatic heterocycles. The molecule has 40 heavy (non-hydrogen) atoms. The number of aliphatic hydroxyl groups excluding tert-OH is 6. The lowest BCUT2D eigenvalue weighted by atomic mass is 9.89. The molecule has 220 valence electrons. The van der Waals surface area contributed by atoms with Crippen molar-refractivity contribution in [2.75, 3.05) is 26.4 Å². The molecule has 2 aromatic rings. The van der Waals surface area contributed by atoms with Gasteiger partial charge in [0.25, 0.3) is 0 Å². The monoisotopic (exact) mass is 564 g/mol. The van der Waals surface area contributed by atoms with E-state index in [1.54, 1.807) is 0 Å². The van der Waals surface area contributed by atoms with Crippen LogP contribution in [0.5, 0.6) is 0 Å². The molecule has 3 fully saturated rings. The molecule has 0 amide bonds. The number of benzene rings is 2. The van der Waals surface area contributed by atoms with Gasteiger partial charge in [-0.15, -0.1) is 0 Å². The smallest absolute Gasteiger partial charge is 0.222 e. The Balaban J connectivity index is 1.22. The largest absolute Gasteiger partial charge is 0.387 e. The van der Waals surface area contributed by atoms with E-state index in [0.29, 0.717) is 0 Å². The summed E-state index contributed by atoms with van der Waals surface area (Å²) in [5, 5.41) is 63.7. The van der Waals surface area contributed by atoms with Gasteiger partial charge < -0.3 is 59.1 Å². The van der Waals surface area contributed by atoms with Gasteiger partial charge in [-0.3, -0.25) is 0 Å². The summed E-state index contributed by atoms with van der Waals surface area (Å²) in [6.07, 6.45) is -11.9. The molecule has 0 radical (unpaired) electrons. The highest BCUT2D eigenvalue weighted by atomic mass is 16.8. The van der Waals surface area contributed by atoms with E-state index in [9.17, 15) is 30.6 Å². The van der Waals surface area contributed by atoms with Gasteiger partial charge in [-0.1, -0.05) is 60.7 Å². The van der Waals surface area contributed by atoms with Crippen molar-refractivity contribution in [3.05, 3.63) is 71.8 Å². The van der Waals surface area contributed by atoms with E-state index in [-0.39, 0.29) is 26.4 Å². The van der Waals surface area contributed by atoms with Crippen LogP contribution in [0.2, 0.25) is 0 Å². The van der Waals surface area contributed by atoms with Gasteiger partial charge in [-0.25, -0.2) is 0 Å². The van der Waals surface area contributed by atoms with Crippen LogP contribution in [0.3, 0.4) is 0 Å². The van der Waals surface area contributed by atoms with Crippen molar-refractivity contribution >= 4 is 0 Å². The molecule has 0 bridgehead atoms. The lowest BCUT2D eigenvalue weighted by Crippen LogP contribution is -2.75. The molecule has 6 N–H and O–H groups in total. The van der Waals surface area contributed by atoms with E-state index in [0.717, 1.165) is 11.1 Å². The van der Waals surface area contributed by atoms with E-state index in [1.807, 2.05) is 60.7 Å². The maximum atomic E-state index is 10.8. The number of hydrogen-bond donors (Lipinski definition) is 6. The standard InChI is InChI=1S/C28H36O12/c29-21-19(13-35-11-17-7-3-1-4-8-17)39-27(25(33)23(21)31)15-38-28(16-37-27)26(34)24(32)22(30)20(40-28)14-36-12-18-9-5-2-6-10-18/h1-10,19-26,29-34H,11-16H2/t19-,20-,21-,22-,23+,24+,25+,26+,27-,28+/m1/s1. The lowest BCUT2D eigenvalue weighted by Gasteiger charge is -2.56. The summed E-state index contributed by atoms with van der Waals surface area (Å²) in [6.45, 7) is -0.863. The second kappa shape index (κ2) is 12.4. The highest BCUT2D eigenvalue weighted by Crippen LogP contribution is 2.41. The fourth-order valence-corrected chi connectivity index (χ4v) is 5.13. The Kier molecular flexibility index (Phi) is 9.17. The molecule has 12 heteroatoms. The van der Waals surface area contributed by atoms with Crippen molar-refractivity contribution < 1.29 is 59.1 Å². The highest BCUT2D eigenvalue weighted by molar-refractivity contribution is 5.14. The molecule has 0 saturated carbocycles. The quantitative estimate of drug-likeness (QED) is 0.227. The van der Waals surface area contributed by atoms with Gasteiger partial charge in [-0.05, 0) is 11.1 Å². The van der Waals surface area contributed by atoms with Crippen molar-refractivity contribution in [1.82, 2.24) is 0 Å². The first-order valence-electron chi connectivity index (χ1n) is 13.2. The van der Waals surface area contributed by atoms with Crippen LogP contribution in [0.25, 0.3) is 0 Å². The molecule has 3 saturated heterocycles. The van der Waals surface area contributed by atoms with Crippen molar-refractivity contribution in [3.8, 4) is 0 Å². The van der Waals surface area contributed by atoms with Gasteiger partial charge >= 0.3 is 0 Å².